The Morgan fingerprint density at radius 3 is 2.77 bits per heavy atom. The fourth-order valence-corrected chi connectivity index (χ4v) is 3.32. The number of hydrogen-bond donors (Lipinski definition) is 1. The summed E-state index contributed by atoms with van der Waals surface area (Å²) >= 11 is 0. The molecule has 1 N–H and O–H groups in total. The summed E-state index contributed by atoms with van der Waals surface area (Å²) in [6.07, 6.45) is 5.28. The molecule has 138 valence electrons. The summed E-state index contributed by atoms with van der Waals surface area (Å²) < 4.78 is 5.71. The molecular formula is C21H27N3O2. The Hall–Kier alpha value is -2.40. The van der Waals surface area contributed by atoms with Crippen LogP contribution in [0, 0.1) is 0 Å². The Kier molecular flexibility index (Phi) is 7.02. The Bertz CT molecular complexity index is 655. The molecule has 0 radical (unpaired) electrons. The number of pyridine rings is 1. The quantitative estimate of drug-likeness (QED) is 0.831. The van der Waals surface area contributed by atoms with Gasteiger partial charge in [0.15, 0.2) is 0 Å². The summed E-state index contributed by atoms with van der Waals surface area (Å²) in [5, 5.41) is 3.42. The van der Waals surface area contributed by atoms with Crippen LogP contribution >= 0.6 is 0 Å². The first-order valence-corrected chi connectivity index (χ1v) is 9.41. The van der Waals surface area contributed by atoms with E-state index in [-0.39, 0.29) is 11.9 Å². The molecule has 0 aliphatic carbocycles. The molecule has 1 aromatic carbocycles. The molecule has 1 aliphatic rings. The number of hydrogen-bond acceptors (Lipinski definition) is 4. The topological polar surface area (TPSA) is 54.5 Å². The molecule has 2 heterocycles. The molecule has 1 aliphatic heterocycles. The van der Waals surface area contributed by atoms with Crippen molar-refractivity contribution in [2.45, 2.75) is 38.3 Å². The highest BCUT2D eigenvalue weighted by atomic mass is 16.5. The van der Waals surface area contributed by atoms with Gasteiger partial charge < -0.3 is 15.0 Å². The maximum absolute atomic E-state index is 12.9. The van der Waals surface area contributed by atoms with Gasteiger partial charge in [0.1, 0.15) is 5.75 Å². The monoisotopic (exact) mass is 353 g/mol. The van der Waals surface area contributed by atoms with E-state index in [1.54, 1.807) is 6.20 Å². The highest BCUT2D eigenvalue weighted by Crippen LogP contribution is 2.18. The molecule has 26 heavy (non-hydrogen) atoms. The number of rotatable bonds is 7. The smallest absolute Gasteiger partial charge is 0.226 e. The van der Waals surface area contributed by atoms with E-state index in [0.29, 0.717) is 19.6 Å². The summed E-state index contributed by atoms with van der Waals surface area (Å²) in [6.45, 7) is 2.94. The van der Waals surface area contributed by atoms with Gasteiger partial charge in [0.25, 0.3) is 0 Å². The summed E-state index contributed by atoms with van der Waals surface area (Å²) in [7, 11) is 0. The van der Waals surface area contributed by atoms with Crippen LogP contribution < -0.4 is 10.1 Å². The number of amides is 1. The van der Waals surface area contributed by atoms with Crippen LogP contribution in [0.1, 0.15) is 31.4 Å². The largest absolute Gasteiger partial charge is 0.493 e. The molecular weight excluding hydrogens is 326 g/mol. The first-order chi connectivity index (χ1) is 12.8. The summed E-state index contributed by atoms with van der Waals surface area (Å²) in [5.74, 6) is 0.939. The Labute approximate surface area is 155 Å². The minimum absolute atomic E-state index is 0.137. The van der Waals surface area contributed by atoms with Crippen LogP contribution in [-0.4, -0.2) is 41.5 Å². The Morgan fingerprint density at radius 2 is 1.96 bits per heavy atom. The van der Waals surface area contributed by atoms with Crippen molar-refractivity contribution in [3.05, 3.63) is 60.4 Å². The lowest BCUT2D eigenvalue weighted by atomic mass is 10.1. The number of nitrogens with one attached hydrogen (secondary N) is 1. The minimum atomic E-state index is 0.137. The average molecular weight is 353 g/mol. The minimum Gasteiger partial charge on any atom is -0.493 e. The number of ether oxygens (including phenoxy) is 1. The number of nitrogens with zero attached hydrogens (tertiary/aromatic N) is 2. The highest BCUT2D eigenvalue weighted by Gasteiger charge is 2.25. The van der Waals surface area contributed by atoms with Crippen LogP contribution in [0.3, 0.4) is 0 Å². The lowest BCUT2D eigenvalue weighted by molar-refractivity contribution is -0.135. The summed E-state index contributed by atoms with van der Waals surface area (Å²) in [4.78, 5) is 19.4. The molecule has 1 saturated heterocycles. The van der Waals surface area contributed by atoms with E-state index in [4.69, 9.17) is 4.74 Å². The van der Waals surface area contributed by atoms with E-state index in [2.05, 4.69) is 10.3 Å². The van der Waals surface area contributed by atoms with Crippen LogP contribution in [0.5, 0.6) is 5.75 Å². The van der Waals surface area contributed by atoms with E-state index in [1.807, 2.05) is 53.4 Å². The summed E-state index contributed by atoms with van der Waals surface area (Å²) in [5.41, 5.74) is 0.932. The SMILES string of the molecule is O=C(CCOc1ccccc1)N(Cc1ccccn1)C1CCCNCC1. The van der Waals surface area contributed by atoms with Crippen molar-refractivity contribution in [3.8, 4) is 5.75 Å². The van der Waals surface area contributed by atoms with Crippen molar-refractivity contribution < 1.29 is 9.53 Å². The second kappa shape index (κ2) is 9.92. The lowest BCUT2D eigenvalue weighted by Gasteiger charge is -2.31. The molecule has 5 heteroatoms. The molecule has 1 unspecified atom stereocenters. The van der Waals surface area contributed by atoms with Crippen LogP contribution in [0.25, 0.3) is 0 Å². The van der Waals surface area contributed by atoms with Gasteiger partial charge in [0, 0.05) is 12.2 Å². The third-order valence-electron chi connectivity index (χ3n) is 4.69. The third kappa shape index (κ3) is 5.56. The number of benzene rings is 1. The number of carbonyl (C=O) groups excluding carboxylic acids is 1. The van der Waals surface area contributed by atoms with E-state index in [0.717, 1.165) is 43.8 Å². The predicted molar refractivity (Wildman–Crippen MR) is 102 cm³/mol. The van der Waals surface area contributed by atoms with Crippen LogP contribution in [0.4, 0.5) is 0 Å². The standard InChI is InChI=1S/C21H27N3O2/c25-21(12-16-26-20-9-2-1-3-10-20)24(17-18-7-4-5-14-23-18)19-8-6-13-22-15-11-19/h1-5,7,9-10,14,19,22H,6,8,11-13,15-17H2. The second-order valence-electron chi connectivity index (χ2n) is 6.59. The molecule has 0 spiro atoms. The van der Waals surface area contributed by atoms with Crippen molar-refractivity contribution in [3.63, 3.8) is 0 Å². The van der Waals surface area contributed by atoms with Crippen LogP contribution in [0.2, 0.25) is 0 Å². The van der Waals surface area contributed by atoms with Crippen molar-refractivity contribution >= 4 is 5.91 Å². The number of carbonyl (C=O) groups is 1. The third-order valence-corrected chi connectivity index (χ3v) is 4.69. The van der Waals surface area contributed by atoms with E-state index < -0.39 is 0 Å². The number of para-hydroxylation sites is 1. The fraction of sp³-hybridized carbons (Fsp3) is 0.429. The molecule has 1 fully saturated rings. The van der Waals surface area contributed by atoms with Gasteiger partial charge in [0.05, 0.1) is 25.3 Å². The molecule has 0 saturated carbocycles. The lowest BCUT2D eigenvalue weighted by Crippen LogP contribution is -2.41. The van der Waals surface area contributed by atoms with Crippen molar-refractivity contribution in [1.29, 1.82) is 0 Å². The van der Waals surface area contributed by atoms with E-state index in [9.17, 15) is 4.79 Å². The molecule has 0 bridgehead atoms. The van der Waals surface area contributed by atoms with Gasteiger partial charge in [0.2, 0.25) is 5.91 Å². The van der Waals surface area contributed by atoms with Gasteiger partial charge in [-0.25, -0.2) is 0 Å². The molecule has 1 amide bonds. The second-order valence-corrected chi connectivity index (χ2v) is 6.59. The van der Waals surface area contributed by atoms with Gasteiger partial charge in [-0.05, 0) is 56.6 Å². The molecule has 1 aromatic heterocycles. The average Bonchev–Trinajstić information content (AvgIpc) is 2.97. The molecule has 3 rings (SSSR count). The fourth-order valence-electron chi connectivity index (χ4n) is 3.32. The zero-order valence-corrected chi connectivity index (χ0v) is 15.1. The van der Waals surface area contributed by atoms with E-state index >= 15 is 0 Å². The van der Waals surface area contributed by atoms with Crippen LogP contribution in [-0.2, 0) is 11.3 Å². The molecule has 1 atom stereocenters. The predicted octanol–water partition coefficient (Wildman–Crippen LogP) is 3.02. The first kappa shape index (κ1) is 18.4. The van der Waals surface area contributed by atoms with Crippen molar-refractivity contribution in [2.75, 3.05) is 19.7 Å². The maximum atomic E-state index is 12.9. The van der Waals surface area contributed by atoms with Crippen molar-refractivity contribution in [2.24, 2.45) is 0 Å². The Balaban J connectivity index is 1.62. The van der Waals surface area contributed by atoms with Crippen molar-refractivity contribution in [1.82, 2.24) is 15.2 Å². The van der Waals surface area contributed by atoms with Gasteiger partial charge in [-0.1, -0.05) is 24.3 Å². The normalized spacial score (nSPS) is 17.3. The maximum Gasteiger partial charge on any atom is 0.226 e. The first-order valence-electron chi connectivity index (χ1n) is 9.41. The molecule has 2 aromatic rings. The zero-order chi connectivity index (χ0) is 18.0. The number of aromatic nitrogens is 1. The van der Waals surface area contributed by atoms with Gasteiger partial charge in [-0.2, -0.15) is 0 Å². The zero-order valence-electron chi connectivity index (χ0n) is 15.1. The van der Waals surface area contributed by atoms with Gasteiger partial charge >= 0.3 is 0 Å². The van der Waals surface area contributed by atoms with Gasteiger partial charge in [-0.3, -0.25) is 9.78 Å². The van der Waals surface area contributed by atoms with E-state index in [1.165, 1.54) is 0 Å². The van der Waals surface area contributed by atoms with Gasteiger partial charge in [-0.15, -0.1) is 0 Å². The molecule has 5 nitrogen and oxygen atoms in total. The summed E-state index contributed by atoms with van der Waals surface area (Å²) in [6, 6.07) is 15.8. The van der Waals surface area contributed by atoms with Crippen LogP contribution in [0.15, 0.2) is 54.7 Å². The Morgan fingerprint density at radius 1 is 1.12 bits per heavy atom. The highest BCUT2D eigenvalue weighted by molar-refractivity contribution is 5.76.